The predicted octanol–water partition coefficient (Wildman–Crippen LogP) is 2.36. The lowest BCUT2D eigenvalue weighted by molar-refractivity contribution is 0.214. The van der Waals surface area contributed by atoms with E-state index in [1.165, 1.54) is 31.6 Å². The second-order valence-corrected chi connectivity index (χ2v) is 5.13. The van der Waals surface area contributed by atoms with Crippen molar-refractivity contribution in [1.29, 1.82) is 0 Å². The number of likely N-dealkylation sites (tertiary alicyclic amines) is 1. The van der Waals surface area contributed by atoms with Crippen molar-refractivity contribution in [2.45, 2.75) is 38.3 Å². The molecule has 2 atom stereocenters. The summed E-state index contributed by atoms with van der Waals surface area (Å²) in [6.45, 7) is 4.40. The number of rotatable bonds is 4. The van der Waals surface area contributed by atoms with Gasteiger partial charge < -0.3 is 10.2 Å². The Balaban J connectivity index is 1.98. The van der Waals surface area contributed by atoms with E-state index >= 15 is 0 Å². The van der Waals surface area contributed by atoms with Crippen LogP contribution in [-0.4, -0.2) is 36.1 Å². The van der Waals surface area contributed by atoms with Crippen molar-refractivity contribution in [2.75, 3.05) is 20.1 Å². The number of hydrogen-bond donors (Lipinski definition) is 1. The van der Waals surface area contributed by atoms with E-state index in [-0.39, 0.29) is 11.9 Å². The fourth-order valence-corrected chi connectivity index (χ4v) is 2.59. The van der Waals surface area contributed by atoms with E-state index in [1.54, 1.807) is 6.07 Å². The monoisotopic (exact) mass is 251 g/mol. The highest BCUT2D eigenvalue weighted by Gasteiger charge is 2.21. The molecule has 0 aliphatic carbocycles. The zero-order chi connectivity index (χ0) is 13.0. The van der Waals surface area contributed by atoms with E-state index in [2.05, 4.69) is 29.2 Å². The molecule has 0 saturated carbocycles. The molecule has 1 N–H and O–H groups in total. The first-order chi connectivity index (χ1) is 8.69. The lowest BCUT2D eigenvalue weighted by Crippen LogP contribution is -2.45. The molecule has 0 spiro atoms. The molecule has 0 amide bonds. The quantitative estimate of drug-likeness (QED) is 0.890. The predicted molar refractivity (Wildman–Crippen MR) is 70.9 cm³/mol. The first kappa shape index (κ1) is 13.4. The molecule has 3 nitrogen and oxygen atoms in total. The first-order valence-corrected chi connectivity index (χ1v) is 6.75. The molecule has 2 heterocycles. The number of piperidine rings is 1. The molecule has 0 radical (unpaired) electrons. The molecule has 2 unspecified atom stereocenters. The highest BCUT2D eigenvalue weighted by Crippen LogP contribution is 2.18. The average Bonchev–Trinajstić information content (AvgIpc) is 2.37. The van der Waals surface area contributed by atoms with Gasteiger partial charge in [-0.05, 0) is 45.0 Å². The van der Waals surface area contributed by atoms with E-state index in [0.29, 0.717) is 6.04 Å². The van der Waals surface area contributed by atoms with Crippen LogP contribution in [0.2, 0.25) is 0 Å². The van der Waals surface area contributed by atoms with Crippen LogP contribution in [0.3, 0.4) is 0 Å². The van der Waals surface area contributed by atoms with Gasteiger partial charge in [-0.1, -0.05) is 6.92 Å². The van der Waals surface area contributed by atoms with Crippen molar-refractivity contribution < 1.29 is 4.39 Å². The van der Waals surface area contributed by atoms with Crippen LogP contribution >= 0.6 is 0 Å². The van der Waals surface area contributed by atoms with Gasteiger partial charge in [-0.15, -0.1) is 0 Å². The summed E-state index contributed by atoms with van der Waals surface area (Å²) < 4.78 is 12.9. The molecule has 100 valence electrons. The van der Waals surface area contributed by atoms with Crippen LogP contribution < -0.4 is 5.32 Å². The zero-order valence-corrected chi connectivity index (χ0v) is 11.2. The Morgan fingerprint density at radius 1 is 1.56 bits per heavy atom. The maximum Gasteiger partial charge on any atom is 0.141 e. The Morgan fingerprint density at radius 3 is 3.00 bits per heavy atom. The number of likely N-dealkylation sites (N-methyl/N-ethyl adjacent to an activating group) is 1. The van der Waals surface area contributed by atoms with Gasteiger partial charge in [0.1, 0.15) is 5.82 Å². The topological polar surface area (TPSA) is 28.2 Å². The maximum atomic E-state index is 12.9. The summed E-state index contributed by atoms with van der Waals surface area (Å²) in [4.78, 5) is 6.54. The average molecular weight is 251 g/mol. The smallest absolute Gasteiger partial charge is 0.141 e. The van der Waals surface area contributed by atoms with Crippen LogP contribution in [0.4, 0.5) is 4.39 Å². The Morgan fingerprint density at radius 2 is 2.39 bits per heavy atom. The van der Waals surface area contributed by atoms with E-state index in [1.807, 2.05) is 0 Å². The third kappa shape index (κ3) is 3.50. The number of nitrogens with one attached hydrogen (secondary N) is 1. The SMILES string of the molecule is CCC(NC1CCCN(C)C1)c1ccc(F)cn1. The Hall–Kier alpha value is -1.00. The molecule has 1 aromatic rings. The van der Waals surface area contributed by atoms with E-state index in [0.717, 1.165) is 18.7 Å². The van der Waals surface area contributed by atoms with Gasteiger partial charge in [0.2, 0.25) is 0 Å². The van der Waals surface area contributed by atoms with E-state index < -0.39 is 0 Å². The summed E-state index contributed by atoms with van der Waals surface area (Å²) in [6, 6.07) is 4.01. The van der Waals surface area contributed by atoms with Crippen LogP contribution in [0.5, 0.6) is 0 Å². The van der Waals surface area contributed by atoms with Crippen LogP contribution in [0.25, 0.3) is 0 Å². The molecular weight excluding hydrogens is 229 g/mol. The minimum absolute atomic E-state index is 0.224. The van der Waals surface area contributed by atoms with E-state index in [4.69, 9.17) is 0 Å². The summed E-state index contributed by atoms with van der Waals surface area (Å²) in [5.74, 6) is -0.272. The second-order valence-electron chi connectivity index (χ2n) is 5.13. The van der Waals surface area contributed by atoms with Crippen molar-refractivity contribution in [2.24, 2.45) is 0 Å². The Bertz CT molecular complexity index is 366. The fraction of sp³-hybridized carbons (Fsp3) is 0.643. The number of nitrogens with zero attached hydrogens (tertiary/aromatic N) is 2. The molecule has 1 fully saturated rings. The Kier molecular flexibility index (Phi) is 4.66. The summed E-state index contributed by atoms with van der Waals surface area (Å²) in [6.07, 6.45) is 4.72. The minimum Gasteiger partial charge on any atom is -0.305 e. The minimum atomic E-state index is -0.272. The highest BCUT2D eigenvalue weighted by molar-refractivity contribution is 5.10. The lowest BCUT2D eigenvalue weighted by atomic mass is 10.0. The van der Waals surface area contributed by atoms with Crippen molar-refractivity contribution in [3.63, 3.8) is 0 Å². The van der Waals surface area contributed by atoms with Crippen LogP contribution in [0.1, 0.15) is 37.9 Å². The number of aromatic nitrogens is 1. The molecule has 1 aliphatic heterocycles. The molecular formula is C14H22FN3. The molecule has 18 heavy (non-hydrogen) atoms. The zero-order valence-electron chi connectivity index (χ0n) is 11.2. The van der Waals surface area contributed by atoms with Gasteiger partial charge in [0.15, 0.2) is 0 Å². The van der Waals surface area contributed by atoms with Gasteiger partial charge in [-0.2, -0.15) is 0 Å². The molecule has 1 aromatic heterocycles. The van der Waals surface area contributed by atoms with Crippen molar-refractivity contribution in [1.82, 2.24) is 15.2 Å². The third-order valence-corrected chi connectivity index (χ3v) is 3.58. The summed E-state index contributed by atoms with van der Waals surface area (Å²) in [7, 11) is 2.16. The summed E-state index contributed by atoms with van der Waals surface area (Å²) >= 11 is 0. The molecule has 0 aromatic carbocycles. The molecule has 4 heteroatoms. The van der Waals surface area contributed by atoms with Gasteiger partial charge in [0.05, 0.1) is 11.9 Å². The molecule has 0 bridgehead atoms. The normalized spacial score (nSPS) is 22.9. The van der Waals surface area contributed by atoms with Crippen molar-refractivity contribution in [3.8, 4) is 0 Å². The maximum absolute atomic E-state index is 12.9. The largest absolute Gasteiger partial charge is 0.305 e. The molecule has 1 saturated heterocycles. The fourth-order valence-electron chi connectivity index (χ4n) is 2.59. The van der Waals surface area contributed by atoms with Gasteiger partial charge in [0, 0.05) is 18.6 Å². The number of halogens is 1. The Labute approximate surface area is 108 Å². The van der Waals surface area contributed by atoms with Gasteiger partial charge in [0.25, 0.3) is 0 Å². The standard InChI is InChI=1S/C14H22FN3/c1-3-13(14-7-6-11(15)9-16-14)17-12-5-4-8-18(2)10-12/h6-7,9,12-13,17H,3-5,8,10H2,1-2H3. The van der Waals surface area contributed by atoms with Gasteiger partial charge in [-0.3, -0.25) is 4.98 Å². The molecule has 1 aliphatic rings. The van der Waals surface area contributed by atoms with Crippen LogP contribution in [0.15, 0.2) is 18.3 Å². The number of hydrogen-bond acceptors (Lipinski definition) is 3. The van der Waals surface area contributed by atoms with Crippen LogP contribution in [0, 0.1) is 5.82 Å². The second kappa shape index (κ2) is 6.25. The third-order valence-electron chi connectivity index (χ3n) is 3.58. The molecule has 2 rings (SSSR count). The van der Waals surface area contributed by atoms with Gasteiger partial charge in [-0.25, -0.2) is 4.39 Å². The number of pyridine rings is 1. The summed E-state index contributed by atoms with van der Waals surface area (Å²) in [5, 5.41) is 3.65. The summed E-state index contributed by atoms with van der Waals surface area (Å²) in [5.41, 5.74) is 0.937. The van der Waals surface area contributed by atoms with E-state index in [9.17, 15) is 4.39 Å². The van der Waals surface area contributed by atoms with Crippen molar-refractivity contribution >= 4 is 0 Å². The van der Waals surface area contributed by atoms with Crippen LogP contribution in [-0.2, 0) is 0 Å². The first-order valence-electron chi connectivity index (χ1n) is 6.75. The lowest BCUT2D eigenvalue weighted by Gasteiger charge is -2.33. The van der Waals surface area contributed by atoms with Crippen molar-refractivity contribution in [3.05, 3.63) is 29.8 Å². The van der Waals surface area contributed by atoms with Gasteiger partial charge >= 0.3 is 0 Å². The highest BCUT2D eigenvalue weighted by atomic mass is 19.1.